The van der Waals surface area contributed by atoms with Gasteiger partial charge in [0.2, 0.25) is 0 Å². The molecule has 124 valence electrons. The van der Waals surface area contributed by atoms with Gasteiger partial charge in [-0.1, -0.05) is 6.07 Å². The van der Waals surface area contributed by atoms with E-state index in [1.807, 2.05) is 18.2 Å². The summed E-state index contributed by atoms with van der Waals surface area (Å²) in [5.41, 5.74) is 3.33. The fourth-order valence-electron chi connectivity index (χ4n) is 3.25. The molecule has 0 saturated heterocycles. The van der Waals surface area contributed by atoms with Crippen LogP contribution in [0.15, 0.2) is 30.5 Å². The molecule has 0 bridgehead atoms. The quantitative estimate of drug-likeness (QED) is 0.909. The highest BCUT2D eigenvalue weighted by atomic mass is 19.3. The van der Waals surface area contributed by atoms with Crippen LogP contribution in [-0.4, -0.2) is 28.7 Å². The van der Waals surface area contributed by atoms with Crippen LogP contribution < -0.4 is 10.6 Å². The van der Waals surface area contributed by atoms with Gasteiger partial charge in [0.1, 0.15) is 17.1 Å². The first-order valence-electron chi connectivity index (χ1n) is 7.87. The largest absolute Gasteiger partial charge is 0.366 e. The first-order valence-corrected chi connectivity index (χ1v) is 7.87. The summed E-state index contributed by atoms with van der Waals surface area (Å²) >= 11 is 0. The van der Waals surface area contributed by atoms with Crippen LogP contribution >= 0.6 is 0 Å². The van der Waals surface area contributed by atoms with E-state index in [9.17, 15) is 13.6 Å². The van der Waals surface area contributed by atoms with Crippen LogP contribution in [0.2, 0.25) is 0 Å². The number of hydrogen-bond donors (Lipinski definition) is 2. The van der Waals surface area contributed by atoms with E-state index < -0.39 is 6.43 Å². The maximum absolute atomic E-state index is 13.0. The summed E-state index contributed by atoms with van der Waals surface area (Å²) in [7, 11) is 0. The lowest BCUT2D eigenvalue weighted by molar-refractivity contribution is 0.102. The summed E-state index contributed by atoms with van der Waals surface area (Å²) in [5.74, 6) is -0.0660. The Bertz CT molecular complexity index is 841. The van der Waals surface area contributed by atoms with Crippen LogP contribution in [0.1, 0.15) is 27.9 Å². The summed E-state index contributed by atoms with van der Waals surface area (Å²) < 4.78 is 27.1. The average Bonchev–Trinajstić information content (AvgIpc) is 3.20. The molecule has 24 heavy (non-hydrogen) atoms. The number of anilines is 2. The lowest BCUT2D eigenvalue weighted by atomic mass is 10.1. The van der Waals surface area contributed by atoms with E-state index >= 15 is 0 Å². The first kappa shape index (κ1) is 14.9. The van der Waals surface area contributed by atoms with Crippen molar-refractivity contribution in [3.63, 3.8) is 0 Å². The number of amides is 1. The molecule has 0 atom stereocenters. The number of alkyl halides is 2. The van der Waals surface area contributed by atoms with Crippen LogP contribution in [0, 0.1) is 0 Å². The van der Waals surface area contributed by atoms with Gasteiger partial charge in [-0.2, -0.15) is 5.10 Å². The predicted molar refractivity (Wildman–Crippen MR) is 87.4 cm³/mol. The molecule has 0 radical (unpaired) electrons. The Kier molecular flexibility index (Phi) is 3.55. The Morgan fingerprint density at radius 1 is 1.29 bits per heavy atom. The van der Waals surface area contributed by atoms with Crippen LogP contribution in [-0.2, 0) is 12.8 Å². The molecule has 2 aromatic rings. The van der Waals surface area contributed by atoms with Gasteiger partial charge < -0.3 is 10.6 Å². The Morgan fingerprint density at radius 2 is 2.12 bits per heavy atom. The third-order valence-electron chi connectivity index (χ3n) is 4.42. The number of nitrogens with zero attached hydrogens (tertiary/aromatic N) is 2. The molecule has 1 amide bonds. The fourth-order valence-corrected chi connectivity index (χ4v) is 3.25. The zero-order chi connectivity index (χ0) is 16.7. The van der Waals surface area contributed by atoms with E-state index in [0.717, 1.165) is 23.9 Å². The van der Waals surface area contributed by atoms with Crippen molar-refractivity contribution in [2.45, 2.75) is 25.7 Å². The molecule has 2 N–H and O–H groups in total. The molecule has 0 unspecified atom stereocenters. The van der Waals surface area contributed by atoms with E-state index in [0.29, 0.717) is 11.5 Å². The zero-order valence-corrected chi connectivity index (χ0v) is 12.9. The number of nitrogens with one attached hydrogen (secondary N) is 2. The Balaban J connectivity index is 1.59. The average molecular weight is 330 g/mol. The van der Waals surface area contributed by atoms with E-state index in [2.05, 4.69) is 15.7 Å². The molecule has 0 spiro atoms. The molecule has 1 aliphatic carbocycles. The minimum atomic E-state index is -2.64. The van der Waals surface area contributed by atoms with E-state index in [1.54, 1.807) is 0 Å². The van der Waals surface area contributed by atoms with Crippen molar-refractivity contribution in [3.8, 4) is 0 Å². The molecule has 5 nitrogen and oxygen atoms in total. The highest BCUT2D eigenvalue weighted by Gasteiger charge is 2.25. The lowest BCUT2D eigenvalue weighted by Gasteiger charge is -2.18. The Labute approximate surface area is 137 Å². The summed E-state index contributed by atoms with van der Waals surface area (Å²) in [4.78, 5) is 12.5. The summed E-state index contributed by atoms with van der Waals surface area (Å²) in [5, 5.41) is 9.69. The van der Waals surface area contributed by atoms with Crippen molar-refractivity contribution >= 4 is 23.1 Å². The minimum absolute atomic E-state index is 0.208. The van der Waals surface area contributed by atoms with Crippen LogP contribution in [0.3, 0.4) is 0 Å². The van der Waals surface area contributed by atoms with Crippen molar-refractivity contribution in [1.29, 1.82) is 0 Å². The van der Waals surface area contributed by atoms with Gasteiger partial charge in [-0.15, -0.1) is 0 Å². The van der Waals surface area contributed by atoms with E-state index in [-0.39, 0.29) is 23.7 Å². The first-order chi connectivity index (χ1) is 11.6. The Morgan fingerprint density at radius 3 is 2.96 bits per heavy atom. The van der Waals surface area contributed by atoms with E-state index in [4.69, 9.17) is 0 Å². The molecule has 7 heteroatoms. The standard InChI is InChI=1S/C17H16F2N4O/c18-15(19)14-6-7-20-16-13(9-21-23(14)16)17(24)22-12-5-4-10-2-1-3-11(10)8-12/h4-6,8-9,15,20H,1-3,7H2,(H,22,24). The summed E-state index contributed by atoms with van der Waals surface area (Å²) in [6.07, 6.45) is 3.27. The second-order valence-corrected chi connectivity index (χ2v) is 5.92. The number of aromatic nitrogens is 2. The second-order valence-electron chi connectivity index (χ2n) is 5.92. The van der Waals surface area contributed by atoms with Gasteiger partial charge in [0.25, 0.3) is 12.3 Å². The van der Waals surface area contributed by atoms with Crippen molar-refractivity contribution in [2.75, 3.05) is 17.2 Å². The molecular weight excluding hydrogens is 314 g/mol. The highest BCUT2D eigenvalue weighted by Crippen LogP contribution is 2.28. The second kappa shape index (κ2) is 5.74. The number of benzene rings is 1. The van der Waals surface area contributed by atoms with Crippen LogP contribution in [0.4, 0.5) is 20.3 Å². The number of fused-ring (bicyclic) bond motifs is 2. The molecule has 0 saturated carbocycles. The van der Waals surface area contributed by atoms with Crippen molar-refractivity contribution < 1.29 is 13.6 Å². The molecule has 1 aromatic heterocycles. The lowest BCUT2D eigenvalue weighted by Crippen LogP contribution is -2.21. The third kappa shape index (κ3) is 2.46. The Hall–Kier alpha value is -2.70. The molecular formula is C17H16F2N4O. The highest BCUT2D eigenvalue weighted by molar-refractivity contribution is 6.08. The van der Waals surface area contributed by atoms with Gasteiger partial charge in [0.15, 0.2) is 0 Å². The molecule has 1 aliphatic heterocycles. The molecule has 1 aromatic carbocycles. The fraction of sp³-hybridized carbons (Fsp3) is 0.294. The zero-order valence-electron chi connectivity index (χ0n) is 12.9. The SMILES string of the molecule is O=C(Nc1ccc2c(c1)CCC2)c1cnn2c1NCC=C2C(F)F. The number of carbonyl (C=O) groups excluding carboxylic acids is 1. The summed E-state index contributed by atoms with van der Waals surface area (Å²) in [6, 6.07) is 5.88. The van der Waals surface area contributed by atoms with E-state index in [1.165, 1.54) is 23.4 Å². The monoisotopic (exact) mass is 330 g/mol. The summed E-state index contributed by atoms with van der Waals surface area (Å²) in [6.45, 7) is 0.241. The molecule has 2 aliphatic rings. The molecule has 0 fully saturated rings. The normalized spacial score (nSPS) is 15.5. The van der Waals surface area contributed by atoms with Gasteiger partial charge in [-0.3, -0.25) is 4.79 Å². The predicted octanol–water partition coefficient (Wildman–Crippen LogP) is 3.16. The molecule has 4 rings (SSSR count). The number of carbonyl (C=O) groups is 1. The number of aryl methyl sites for hydroxylation is 2. The van der Waals surface area contributed by atoms with Crippen LogP contribution in [0.25, 0.3) is 5.70 Å². The molecule has 2 heterocycles. The van der Waals surface area contributed by atoms with Crippen molar-refractivity contribution in [2.24, 2.45) is 0 Å². The van der Waals surface area contributed by atoms with Crippen molar-refractivity contribution in [3.05, 3.63) is 47.2 Å². The van der Waals surface area contributed by atoms with Gasteiger partial charge in [0.05, 0.1) is 6.20 Å². The maximum atomic E-state index is 13.0. The van der Waals surface area contributed by atoms with Gasteiger partial charge in [0, 0.05) is 12.2 Å². The number of hydrogen-bond acceptors (Lipinski definition) is 3. The minimum Gasteiger partial charge on any atom is -0.366 e. The number of halogens is 2. The van der Waals surface area contributed by atoms with Crippen molar-refractivity contribution in [1.82, 2.24) is 9.78 Å². The topological polar surface area (TPSA) is 59.0 Å². The maximum Gasteiger partial charge on any atom is 0.280 e. The number of allylic oxidation sites excluding steroid dienone is 1. The van der Waals surface area contributed by atoms with Gasteiger partial charge in [-0.25, -0.2) is 13.5 Å². The van der Waals surface area contributed by atoms with Crippen LogP contribution in [0.5, 0.6) is 0 Å². The number of rotatable bonds is 3. The smallest absolute Gasteiger partial charge is 0.280 e. The van der Waals surface area contributed by atoms with Gasteiger partial charge >= 0.3 is 0 Å². The third-order valence-corrected chi connectivity index (χ3v) is 4.42. The van der Waals surface area contributed by atoms with Gasteiger partial charge in [-0.05, 0) is 48.6 Å².